The molecule has 1 aliphatic heterocycles. The van der Waals surface area contributed by atoms with Crippen LogP contribution in [0.5, 0.6) is 0 Å². The first-order valence-electron chi connectivity index (χ1n) is 7.67. The van der Waals surface area contributed by atoms with E-state index in [2.05, 4.69) is 5.32 Å². The van der Waals surface area contributed by atoms with Crippen molar-refractivity contribution in [1.82, 2.24) is 4.90 Å². The number of urea groups is 1. The quantitative estimate of drug-likeness (QED) is 0.621. The van der Waals surface area contributed by atoms with Crippen LogP contribution in [0.3, 0.4) is 0 Å². The minimum atomic E-state index is -4.75. The molecular weight excluding hydrogens is 359 g/mol. The highest BCUT2D eigenvalue weighted by Gasteiger charge is 2.53. The number of hydrogen-bond acceptors (Lipinski definition) is 4. The third kappa shape index (κ3) is 4.03. The van der Waals surface area contributed by atoms with E-state index in [1.165, 1.54) is 12.1 Å². The lowest BCUT2D eigenvalue weighted by molar-refractivity contribution is -0.384. The van der Waals surface area contributed by atoms with Gasteiger partial charge in [-0.15, -0.1) is 0 Å². The molecule has 0 saturated carbocycles. The van der Waals surface area contributed by atoms with E-state index in [4.69, 9.17) is 5.11 Å². The fourth-order valence-electron chi connectivity index (χ4n) is 2.85. The fraction of sp³-hybridized carbons (Fsp3) is 0.467. The van der Waals surface area contributed by atoms with Crippen molar-refractivity contribution in [3.8, 4) is 0 Å². The Hall–Kier alpha value is -2.85. The first-order valence-corrected chi connectivity index (χ1v) is 7.67. The van der Waals surface area contributed by atoms with Gasteiger partial charge in [-0.05, 0) is 12.0 Å². The highest BCUT2D eigenvalue weighted by molar-refractivity contribution is 5.91. The molecule has 1 aromatic rings. The van der Waals surface area contributed by atoms with Gasteiger partial charge in [0, 0.05) is 25.2 Å². The normalized spacial score (nSPS) is 20.1. The summed E-state index contributed by atoms with van der Waals surface area (Å²) in [5, 5.41) is 22.2. The number of carboxylic acids is 1. The van der Waals surface area contributed by atoms with Gasteiger partial charge in [-0.2, -0.15) is 13.2 Å². The van der Waals surface area contributed by atoms with Gasteiger partial charge in [-0.1, -0.05) is 13.0 Å². The Bertz CT molecular complexity index is 738. The second kappa shape index (κ2) is 7.18. The van der Waals surface area contributed by atoms with Crippen molar-refractivity contribution < 1.29 is 32.8 Å². The summed E-state index contributed by atoms with van der Waals surface area (Å²) in [6.45, 7) is 0.358. The van der Waals surface area contributed by atoms with Crippen LogP contribution in [0.25, 0.3) is 0 Å². The van der Waals surface area contributed by atoms with Crippen LogP contribution in [0.1, 0.15) is 12.5 Å². The summed E-state index contributed by atoms with van der Waals surface area (Å²) in [5.41, 5.74) is 0.384. The van der Waals surface area contributed by atoms with Gasteiger partial charge in [0.1, 0.15) is 0 Å². The third-order valence-electron chi connectivity index (χ3n) is 4.27. The maximum atomic E-state index is 13.0. The van der Waals surface area contributed by atoms with Crippen molar-refractivity contribution in [2.75, 3.05) is 18.4 Å². The summed E-state index contributed by atoms with van der Waals surface area (Å²) in [7, 11) is 0. The molecule has 0 radical (unpaired) electrons. The lowest BCUT2D eigenvalue weighted by Gasteiger charge is -2.19. The zero-order chi connectivity index (χ0) is 19.6. The van der Waals surface area contributed by atoms with E-state index in [1.807, 2.05) is 0 Å². The molecule has 1 fully saturated rings. The summed E-state index contributed by atoms with van der Waals surface area (Å²) in [6, 6.07) is 2.88. The molecule has 1 aliphatic rings. The number of likely N-dealkylation sites (tertiary alicyclic amines) is 1. The lowest BCUT2D eigenvalue weighted by atomic mass is 9.96. The number of rotatable bonds is 4. The van der Waals surface area contributed by atoms with Crippen LogP contribution in [-0.2, 0) is 11.2 Å². The fourth-order valence-corrected chi connectivity index (χ4v) is 2.85. The number of hydrogen-bond donors (Lipinski definition) is 2. The minimum Gasteiger partial charge on any atom is -0.481 e. The average Bonchev–Trinajstić information content (AvgIpc) is 3.00. The summed E-state index contributed by atoms with van der Waals surface area (Å²) >= 11 is 0. The van der Waals surface area contributed by atoms with E-state index in [9.17, 15) is 32.9 Å². The highest BCUT2D eigenvalue weighted by Crippen LogP contribution is 2.38. The van der Waals surface area contributed by atoms with E-state index >= 15 is 0 Å². The first-order chi connectivity index (χ1) is 12.0. The molecule has 11 heteroatoms. The monoisotopic (exact) mass is 375 g/mol. The predicted octanol–water partition coefficient (Wildman–Crippen LogP) is 2.88. The van der Waals surface area contributed by atoms with Gasteiger partial charge in [0.2, 0.25) is 0 Å². The minimum absolute atomic E-state index is 0.106. The zero-order valence-corrected chi connectivity index (χ0v) is 13.6. The molecule has 0 aromatic heterocycles. The molecule has 2 N–H and O–H groups in total. The lowest BCUT2D eigenvalue weighted by Crippen LogP contribution is -2.35. The highest BCUT2D eigenvalue weighted by atomic mass is 19.4. The van der Waals surface area contributed by atoms with Gasteiger partial charge in [-0.3, -0.25) is 14.9 Å². The molecular formula is C15H16F3N3O5. The van der Waals surface area contributed by atoms with Gasteiger partial charge in [0.25, 0.3) is 5.69 Å². The number of aliphatic carboxylic acids is 1. The molecule has 2 amide bonds. The van der Waals surface area contributed by atoms with Crippen molar-refractivity contribution in [2.45, 2.75) is 19.5 Å². The molecule has 142 valence electrons. The van der Waals surface area contributed by atoms with Gasteiger partial charge in [0.05, 0.1) is 22.4 Å². The number of alkyl halides is 3. The molecule has 8 nitrogen and oxygen atoms in total. The van der Waals surface area contributed by atoms with E-state index < -0.39 is 48.0 Å². The molecule has 2 atom stereocenters. The Labute approximate surface area is 145 Å². The molecule has 1 heterocycles. The Balaban J connectivity index is 2.21. The molecule has 0 aliphatic carbocycles. The van der Waals surface area contributed by atoms with Gasteiger partial charge < -0.3 is 15.3 Å². The number of carboxylic acid groups (broad SMARTS) is 1. The van der Waals surface area contributed by atoms with Crippen LogP contribution in [0.4, 0.5) is 29.3 Å². The van der Waals surface area contributed by atoms with Gasteiger partial charge in [0.15, 0.2) is 0 Å². The number of nitrogens with zero attached hydrogens (tertiary/aromatic N) is 2. The van der Waals surface area contributed by atoms with Crippen LogP contribution in [0.2, 0.25) is 0 Å². The van der Waals surface area contributed by atoms with E-state index in [0.717, 1.165) is 11.0 Å². The third-order valence-corrected chi connectivity index (χ3v) is 4.27. The Kier molecular flexibility index (Phi) is 5.38. The van der Waals surface area contributed by atoms with Crippen LogP contribution >= 0.6 is 0 Å². The molecule has 26 heavy (non-hydrogen) atoms. The van der Waals surface area contributed by atoms with Crippen LogP contribution < -0.4 is 5.32 Å². The number of benzene rings is 1. The number of aryl methyl sites for hydroxylation is 1. The molecule has 2 rings (SSSR count). The Morgan fingerprint density at radius 2 is 2.04 bits per heavy atom. The van der Waals surface area contributed by atoms with Crippen LogP contribution in [-0.4, -0.2) is 46.2 Å². The topological polar surface area (TPSA) is 113 Å². The number of carbonyl (C=O) groups excluding carboxylic acids is 1. The maximum Gasteiger partial charge on any atom is 0.394 e. The summed E-state index contributed by atoms with van der Waals surface area (Å²) in [6.07, 6.45) is -4.32. The number of nitro groups is 1. The standard InChI is InChI=1S/C15H16F3N3O5/c1-2-8-3-4-9(21(25)26)5-12(8)19-14(24)20-6-10(13(22)23)11(7-20)15(16,17)18/h3-5,10-11H,2,6-7H2,1H3,(H,19,24)(H,22,23)/t10-,11-/m1/s1. The average molecular weight is 375 g/mol. The molecule has 0 spiro atoms. The number of halogens is 3. The number of anilines is 1. The zero-order valence-electron chi connectivity index (χ0n) is 13.6. The summed E-state index contributed by atoms with van der Waals surface area (Å²) in [5.74, 6) is -5.55. The largest absolute Gasteiger partial charge is 0.481 e. The number of amides is 2. The smallest absolute Gasteiger partial charge is 0.394 e. The second-order valence-electron chi connectivity index (χ2n) is 5.88. The van der Waals surface area contributed by atoms with Gasteiger partial charge >= 0.3 is 18.2 Å². The molecule has 0 unspecified atom stereocenters. The van der Waals surface area contributed by atoms with Crippen LogP contribution in [0.15, 0.2) is 18.2 Å². The second-order valence-corrected chi connectivity index (χ2v) is 5.88. The number of non-ortho nitro benzene ring substituents is 1. The van der Waals surface area contributed by atoms with E-state index in [0.29, 0.717) is 12.0 Å². The first kappa shape index (κ1) is 19.5. The molecule has 1 aromatic carbocycles. The van der Waals surface area contributed by atoms with E-state index in [-0.39, 0.29) is 11.4 Å². The van der Waals surface area contributed by atoms with Crippen LogP contribution in [0, 0.1) is 22.0 Å². The van der Waals surface area contributed by atoms with Gasteiger partial charge in [-0.25, -0.2) is 4.79 Å². The Morgan fingerprint density at radius 1 is 1.38 bits per heavy atom. The van der Waals surface area contributed by atoms with E-state index in [1.54, 1.807) is 6.92 Å². The van der Waals surface area contributed by atoms with Crippen molar-refractivity contribution in [3.63, 3.8) is 0 Å². The SMILES string of the molecule is CCc1ccc([N+](=O)[O-])cc1NC(=O)N1C[C@@H](C(F)(F)F)[C@H](C(=O)O)C1. The molecule has 0 bridgehead atoms. The summed E-state index contributed by atoms with van der Waals surface area (Å²) < 4.78 is 39.0. The van der Waals surface area contributed by atoms with Crippen molar-refractivity contribution >= 4 is 23.4 Å². The Morgan fingerprint density at radius 3 is 2.50 bits per heavy atom. The van der Waals surface area contributed by atoms with Crippen molar-refractivity contribution in [1.29, 1.82) is 0 Å². The number of carbonyl (C=O) groups is 2. The predicted molar refractivity (Wildman–Crippen MR) is 83.7 cm³/mol. The van der Waals surface area contributed by atoms with Crippen molar-refractivity contribution in [2.24, 2.45) is 11.8 Å². The summed E-state index contributed by atoms with van der Waals surface area (Å²) in [4.78, 5) is 34.3. The maximum absolute atomic E-state index is 13.0. The molecule has 1 saturated heterocycles. The van der Waals surface area contributed by atoms with Crippen molar-refractivity contribution in [3.05, 3.63) is 33.9 Å². The number of nitrogens with one attached hydrogen (secondary N) is 1. The number of nitro benzene ring substituents is 1.